The van der Waals surface area contributed by atoms with Gasteiger partial charge in [0.2, 0.25) is 0 Å². The molecule has 19 heavy (non-hydrogen) atoms. The van der Waals surface area contributed by atoms with Crippen LogP contribution in [0.15, 0.2) is 40.9 Å². The van der Waals surface area contributed by atoms with Crippen molar-refractivity contribution in [3.05, 3.63) is 52.3 Å². The van der Waals surface area contributed by atoms with Crippen LogP contribution in [-0.2, 0) is 0 Å². The van der Waals surface area contributed by atoms with Gasteiger partial charge in [-0.25, -0.2) is 4.39 Å². The van der Waals surface area contributed by atoms with Crippen molar-refractivity contribution >= 4 is 33.2 Å². The molecular weight excluding hydrogens is 315 g/mol. The van der Waals surface area contributed by atoms with E-state index in [1.807, 2.05) is 0 Å². The second-order valence-electron chi connectivity index (χ2n) is 3.86. The fourth-order valence-corrected chi connectivity index (χ4v) is 1.84. The predicted molar refractivity (Wildman–Crippen MR) is 74.6 cm³/mol. The number of halogens is 2. The van der Waals surface area contributed by atoms with E-state index in [9.17, 15) is 9.18 Å². The summed E-state index contributed by atoms with van der Waals surface area (Å²) in [6.45, 7) is 0. The van der Waals surface area contributed by atoms with Crippen molar-refractivity contribution < 1.29 is 14.3 Å². The molecule has 0 aliphatic heterocycles. The molecule has 0 unspecified atom stereocenters. The summed E-state index contributed by atoms with van der Waals surface area (Å²) in [7, 11) is 0. The summed E-state index contributed by atoms with van der Waals surface area (Å²) in [5, 5.41) is 11.6. The zero-order valence-electron chi connectivity index (χ0n) is 9.65. The average Bonchev–Trinajstić information content (AvgIpc) is 2.37. The number of anilines is 2. The Bertz CT molecular complexity index is 647. The number of carbonyl (C=O) groups excluding carboxylic acids is 1. The van der Waals surface area contributed by atoms with Crippen molar-refractivity contribution in [3.63, 3.8) is 0 Å². The fraction of sp³-hybridized carbons (Fsp3) is 0. The van der Waals surface area contributed by atoms with Crippen molar-refractivity contribution in [3.8, 4) is 5.75 Å². The van der Waals surface area contributed by atoms with Crippen molar-refractivity contribution in [1.82, 2.24) is 0 Å². The number of nitrogens with two attached hydrogens (primary N) is 1. The third-order valence-electron chi connectivity index (χ3n) is 2.47. The predicted octanol–water partition coefficient (Wildman–Crippen LogP) is 3.13. The Morgan fingerprint density at radius 2 is 2.00 bits per heavy atom. The topological polar surface area (TPSA) is 75.4 Å². The molecule has 4 nitrogen and oxygen atoms in total. The zero-order chi connectivity index (χ0) is 14.0. The summed E-state index contributed by atoms with van der Waals surface area (Å²) >= 11 is 3.22. The molecular formula is C13H10BrFN2O2. The Balaban J connectivity index is 2.20. The summed E-state index contributed by atoms with van der Waals surface area (Å²) in [4.78, 5) is 11.9. The summed E-state index contributed by atoms with van der Waals surface area (Å²) in [6, 6.07) is 8.34. The molecule has 0 aromatic heterocycles. The summed E-state index contributed by atoms with van der Waals surface area (Å²) in [5.74, 6) is -1.66. The number of phenolic OH excluding ortho intramolecular Hbond substituents is 1. The van der Waals surface area contributed by atoms with Crippen molar-refractivity contribution in [1.29, 1.82) is 0 Å². The maximum absolute atomic E-state index is 13.1. The van der Waals surface area contributed by atoms with Gasteiger partial charge in [0, 0.05) is 27.5 Å². The number of phenols is 1. The van der Waals surface area contributed by atoms with E-state index in [1.54, 1.807) is 18.2 Å². The number of hydrogen-bond donors (Lipinski definition) is 3. The molecule has 0 spiro atoms. The van der Waals surface area contributed by atoms with Gasteiger partial charge >= 0.3 is 0 Å². The van der Waals surface area contributed by atoms with Gasteiger partial charge < -0.3 is 16.2 Å². The molecule has 0 aliphatic carbocycles. The number of amides is 1. The molecule has 0 radical (unpaired) electrons. The van der Waals surface area contributed by atoms with Crippen LogP contribution in [0.1, 0.15) is 10.4 Å². The van der Waals surface area contributed by atoms with Crippen LogP contribution in [0, 0.1) is 5.82 Å². The second kappa shape index (κ2) is 5.27. The van der Waals surface area contributed by atoms with Gasteiger partial charge in [-0.2, -0.15) is 0 Å². The van der Waals surface area contributed by atoms with E-state index in [1.165, 1.54) is 12.1 Å². The average molecular weight is 325 g/mol. The van der Waals surface area contributed by atoms with Gasteiger partial charge in [0.25, 0.3) is 5.91 Å². The number of benzene rings is 2. The van der Waals surface area contributed by atoms with Crippen molar-refractivity contribution in [2.75, 3.05) is 11.1 Å². The minimum absolute atomic E-state index is 0.258. The molecule has 2 rings (SSSR count). The van der Waals surface area contributed by atoms with Crippen LogP contribution >= 0.6 is 15.9 Å². The van der Waals surface area contributed by atoms with E-state index >= 15 is 0 Å². The summed E-state index contributed by atoms with van der Waals surface area (Å²) in [6.07, 6.45) is 0. The number of carbonyl (C=O) groups is 1. The molecule has 2 aromatic carbocycles. The first kappa shape index (κ1) is 13.4. The Labute approximate surface area is 117 Å². The van der Waals surface area contributed by atoms with E-state index in [-0.39, 0.29) is 5.69 Å². The molecule has 4 N–H and O–H groups in total. The molecule has 0 saturated carbocycles. The van der Waals surface area contributed by atoms with Crippen LogP contribution in [0.2, 0.25) is 0 Å². The van der Waals surface area contributed by atoms with E-state index in [0.29, 0.717) is 15.7 Å². The third-order valence-corrected chi connectivity index (χ3v) is 3.15. The Morgan fingerprint density at radius 3 is 2.63 bits per heavy atom. The van der Waals surface area contributed by atoms with Crippen LogP contribution in [0.25, 0.3) is 0 Å². The molecule has 0 atom stereocenters. The molecule has 6 heteroatoms. The molecule has 0 heterocycles. The van der Waals surface area contributed by atoms with Gasteiger partial charge in [-0.3, -0.25) is 4.79 Å². The molecule has 1 amide bonds. The van der Waals surface area contributed by atoms with Gasteiger partial charge in [-0.1, -0.05) is 0 Å². The number of rotatable bonds is 2. The van der Waals surface area contributed by atoms with Crippen molar-refractivity contribution in [2.45, 2.75) is 0 Å². The minimum atomic E-state index is -0.795. The van der Waals surface area contributed by atoms with E-state index < -0.39 is 17.5 Å². The van der Waals surface area contributed by atoms with Gasteiger partial charge in [0.15, 0.2) is 11.6 Å². The smallest absolute Gasteiger partial charge is 0.255 e. The number of nitrogen functional groups attached to an aromatic ring is 1. The standard InChI is InChI=1S/C13H10BrFN2O2/c14-9-5-7(1-3-11(9)16)13(19)17-8-2-4-12(18)10(15)6-8/h1-6,18H,16H2,(H,17,19). The van der Waals surface area contributed by atoms with Gasteiger partial charge in [-0.15, -0.1) is 0 Å². The molecule has 2 aromatic rings. The highest BCUT2D eigenvalue weighted by Gasteiger charge is 2.09. The fourth-order valence-electron chi connectivity index (χ4n) is 1.46. The van der Waals surface area contributed by atoms with Crippen LogP contribution in [0.4, 0.5) is 15.8 Å². The Kier molecular flexibility index (Phi) is 3.71. The second-order valence-corrected chi connectivity index (χ2v) is 4.71. The highest BCUT2D eigenvalue weighted by molar-refractivity contribution is 9.10. The van der Waals surface area contributed by atoms with Crippen molar-refractivity contribution in [2.24, 2.45) is 0 Å². The SMILES string of the molecule is Nc1ccc(C(=O)Nc2ccc(O)c(F)c2)cc1Br. The lowest BCUT2D eigenvalue weighted by atomic mass is 10.2. The maximum Gasteiger partial charge on any atom is 0.255 e. The lowest BCUT2D eigenvalue weighted by Crippen LogP contribution is -2.12. The number of hydrogen-bond acceptors (Lipinski definition) is 3. The van der Waals surface area contributed by atoms with Gasteiger partial charge in [-0.05, 0) is 46.3 Å². The van der Waals surface area contributed by atoms with Gasteiger partial charge in [0.1, 0.15) is 0 Å². The number of nitrogens with one attached hydrogen (secondary N) is 1. The Hall–Kier alpha value is -2.08. The zero-order valence-corrected chi connectivity index (χ0v) is 11.2. The van der Waals surface area contributed by atoms with E-state index in [4.69, 9.17) is 10.8 Å². The summed E-state index contributed by atoms with van der Waals surface area (Å²) in [5.41, 5.74) is 6.78. The quantitative estimate of drug-likeness (QED) is 0.586. The normalized spacial score (nSPS) is 10.2. The lowest BCUT2D eigenvalue weighted by Gasteiger charge is -2.07. The molecule has 0 bridgehead atoms. The Morgan fingerprint density at radius 1 is 1.26 bits per heavy atom. The summed E-state index contributed by atoms with van der Waals surface area (Å²) < 4.78 is 13.7. The van der Waals surface area contributed by atoms with E-state index in [2.05, 4.69) is 21.2 Å². The van der Waals surface area contributed by atoms with Crippen LogP contribution in [0.5, 0.6) is 5.75 Å². The largest absolute Gasteiger partial charge is 0.505 e. The van der Waals surface area contributed by atoms with Crippen LogP contribution < -0.4 is 11.1 Å². The monoisotopic (exact) mass is 324 g/mol. The minimum Gasteiger partial charge on any atom is -0.505 e. The van der Waals surface area contributed by atoms with Crippen LogP contribution in [-0.4, -0.2) is 11.0 Å². The lowest BCUT2D eigenvalue weighted by molar-refractivity contribution is 0.102. The highest BCUT2D eigenvalue weighted by Crippen LogP contribution is 2.22. The maximum atomic E-state index is 13.1. The van der Waals surface area contributed by atoms with Gasteiger partial charge in [0.05, 0.1) is 0 Å². The third kappa shape index (κ3) is 3.03. The molecule has 0 saturated heterocycles. The first-order valence-corrected chi connectivity index (χ1v) is 6.11. The first-order valence-electron chi connectivity index (χ1n) is 5.32. The molecule has 0 aliphatic rings. The van der Waals surface area contributed by atoms with Crippen LogP contribution in [0.3, 0.4) is 0 Å². The first-order chi connectivity index (χ1) is 8.97. The molecule has 0 fully saturated rings. The van der Waals surface area contributed by atoms with E-state index in [0.717, 1.165) is 6.07 Å². The molecule has 98 valence electrons. The highest BCUT2D eigenvalue weighted by atomic mass is 79.9. The number of aromatic hydroxyl groups is 1.